The van der Waals surface area contributed by atoms with E-state index in [9.17, 15) is 18.8 Å². The molecular weight excluding hydrogens is 461 g/mol. The van der Waals surface area contributed by atoms with E-state index in [4.69, 9.17) is 14.2 Å². The quantitative estimate of drug-likeness (QED) is 0.337. The molecule has 2 amide bonds. The largest absolute Gasteiger partial charge is 0.490 e. The van der Waals surface area contributed by atoms with Crippen LogP contribution in [0.3, 0.4) is 0 Å². The molecule has 1 fully saturated rings. The molecular formula is C25H26FNO6S. The van der Waals surface area contributed by atoms with Gasteiger partial charge in [-0.1, -0.05) is 25.1 Å². The first-order valence-corrected chi connectivity index (χ1v) is 11.7. The first-order chi connectivity index (χ1) is 16.3. The van der Waals surface area contributed by atoms with Crippen LogP contribution in [0.2, 0.25) is 0 Å². The third kappa shape index (κ3) is 6.60. The summed E-state index contributed by atoms with van der Waals surface area (Å²) in [5.41, 5.74) is 1.43. The molecule has 0 radical (unpaired) electrons. The molecule has 1 aliphatic heterocycles. The molecule has 34 heavy (non-hydrogen) atoms. The maximum atomic E-state index is 13.1. The second kappa shape index (κ2) is 11.7. The fourth-order valence-electron chi connectivity index (χ4n) is 3.01. The highest BCUT2D eigenvalue weighted by Crippen LogP contribution is 2.35. The van der Waals surface area contributed by atoms with Gasteiger partial charge in [-0.05, 0) is 73.5 Å². The fraction of sp³-hybridized carbons (Fsp3) is 0.320. The van der Waals surface area contributed by atoms with Crippen molar-refractivity contribution in [3.63, 3.8) is 0 Å². The summed E-state index contributed by atoms with van der Waals surface area (Å²) in [6.07, 6.45) is 1.92. The van der Waals surface area contributed by atoms with Crippen molar-refractivity contribution in [2.24, 2.45) is 0 Å². The van der Waals surface area contributed by atoms with Crippen LogP contribution in [0.4, 0.5) is 9.18 Å². The minimum atomic E-state index is -0.626. The van der Waals surface area contributed by atoms with E-state index in [0.29, 0.717) is 30.1 Å². The molecule has 7 nitrogen and oxygen atoms in total. The molecule has 0 spiro atoms. The van der Waals surface area contributed by atoms with Crippen LogP contribution in [-0.2, 0) is 20.9 Å². The van der Waals surface area contributed by atoms with Crippen molar-refractivity contribution < 1.29 is 33.0 Å². The number of carbonyl (C=O) groups excluding carboxylic acids is 3. The van der Waals surface area contributed by atoms with E-state index < -0.39 is 23.7 Å². The van der Waals surface area contributed by atoms with Crippen molar-refractivity contribution in [1.82, 2.24) is 4.90 Å². The van der Waals surface area contributed by atoms with Gasteiger partial charge >= 0.3 is 5.97 Å². The minimum absolute atomic E-state index is 0.198. The third-order valence-corrected chi connectivity index (χ3v) is 5.85. The molecule has 0 bridgehead atoms. The summed E-state index contributed by atoms with van der Waals surface area (Å²) >= 11 is 0.763. The van der Waals surface area contributed by atoms with Crippen LogP contribution >= 0.6 is 11.8 Å². The van der Waals surface area contributed by atoms with Gasteiger partial charge in [0.1, 0.15) is 19.0 Å². The zero-order valence-corrected chi connectivity index (χ0v) is 20.0. The highest BCUT2D eigenvalue weighted by molar-refractivity contribution is 8.18. The predicted octanol–water partition coefficient (Wildman–Crippen LogP) is 5.18. The first kappa shape index (κ1) is 25.3. The normalized spacial score (nSPS) is 15.5. The molecule has 3 rings (SSSR count). The number of rotatable bonds is 10. The van der Waals surface area contributed by atoms with Gasteiger partial charge in [-0.3, -0.25) is 19.3 Å². The molecule has 1 saturated heterocycles. The molecule has 2 aromatic rings. The third-order valence-electron chi connectivity index (χ3n) is 4.94. The van der Waals surface area contributed by atoms with Gasteiger partial charge in [-0.2, -0.15) is 0 Å². The van der Waals surface area contributed by atoms with Crippen molar-refractivity contribution in [1.29, 1.82) is 0 Å². The monoisotopic (exact) mass is 487 g/mol. The predicted molar refractivity (Wildman–Crippen MR) is 127 cm³/mol. The van der Waals surface area contributed by atoms with E-state index in [2.05, 4.69) is 0 Å². The van der Waals surface area contributed by atoms with E-state index in [-0.39, 0.29) is 23.4 Å². The second-order valence-corrected chi connectivity index (χ2v) is 8.52. The van der Waals surface area contributed by atoms with Gasteiger partial charge in [-0.25, -0.2) is 4.39 Å². The molecule has 1 aliphatic rings. The molecule has 180 valence electrons. The number of thioether (sulfide) groups is 1. The number of imide groups is 1. The molecule has 1 atom stereocenters. The highest BCUT2D eigenvalue weighted by atomic mass is 32.2. The number of ether oxygens (including phenoxy) is 3. The van der Waals surface area contributed by atoms with Crippen LogP contribution in [0.25, 0.3) is 6.08 Å². The topological polar surface area (TPSA) is 82.1 Å². The van der Waals surface area contributed by atoms with E-state index >= 15 is 0 Å². The van der Waals surface area contributed by atoms with Crippen LogP contribution in [0.1, 0.15) is 38.3 Å². The lowest BCUT2D eigenvalue weighted by molar-refractivity contribution is -0.150. The summed E-state index contributed by atoms with van der Waals surface area (Å²) in [5, 5.41) is -0.526. The standard InChI is InChI=1S/C25H26FNO6S/c1-4-16(3)33-23(28)14-27-24(29)22(34-25(27)30)13-18-8-11-20(21(12-18)31-5-2)32-15-17-6-9-19(26)10-7-17/h6-13,16H,4-5,14-15H2,1-3H3/b22-13-/t16-/m0/s1. The Hall–Kier alpha value is -3.33. The number of hydrogen-bond donors (Lipinski definition) is 0. The average molecular weight is 488 g/mol. The molecule has 0 aromatic heterocycles. The molecule has 0 saturated carbocycles. The van der Waals surface area contributed by atoms with Crippen LogP contribution in [-0.4, -0.2) is 41.3 Å². The van der Waals surface area contributed by atoms with Gasteiger partial charge < -0.3 is 14.2 Å². The Labute approximate surface area is 201 Å². The number of hydrogen-bond acceptors (Lipinski definition) is 7. The zero-order chi connectivity index (χ0) is 24.7. The summed E-state index contributed by atoms with van der Waals surface area (Å²) < 4.78 is 29.8. The van der Waals surface area contributed by atoms with Gasteiger partial charge in [0, 0.05) is 0 Å². The summed E-state index contributed by atoms with van der Waals surface area (Å²) in [6.45, 7) is 5.65. The van der Waals surface area contributed by atoms with Gasteiger partial charge in [0.05, 0.1) is 17.6 Å². The molecule has 0 N–H and O–H groups in total. The van der Waals surface area contributed by atoms with Crippen molar-refractivity contribution in [2.45, 2.75) is 39.9 Å². The van der Waals surface area contributed by atoms with E-state index in [1.54, 1.807) is 43.3 Å². The van der Waals surface area contributed by atoms with E-state index in [0.717, 1.165) is 22.2 Å². The number of benzene rings is 2. The number of amides is 2. The maximum absolute atomic E-state index is 13.1. The summed E-state index contributed by atoms with van der Waals surface area (Å²) in [5.74, 6) is -0.538. The van der Waals surface area contributed by atoms with Crippen LogP contribution in [0, 0.1) is 5.82 Å². The molecule has 0 unspecified atom stereocenters. The lowest BCUT2D eigenvalue weighted by Gasteiger charge is -2.15. The Morgan fingerprint density at radius 3 is 2.50 bits per heavy atom. The smallest absolute Gasteiger partial charge is 0.326 e. The van der Waals surface area contributed by atoms with E-state index in [1.807, 2.05) is 13.8 Å². The zero-order valence-electron chi connectivity index (χ0n) is 19.2. The highest BCUT2D eigenvalue weighted by Gasteiger charge is 2.36. The number of esters is 1. The van der Waals surface area contributed by atoms with Crippen molar-refractivity contribution in [3.05, 3.63) is 64.3 Å². The summed E-state index contributed by atoms with van der Waals surface area (Å²) in [6, 6.07) is 11.1. The van der Waals surface area contributed by atoms with Crippen molar-refractivity contribution in [2.75, 3.05) is 13.2 Å². The van der Waals surface area contributed by atoms with Gasteiger partial charge in [0.15, 0.2) is 11.5 Å². The minimum Gasteiger partial charge on any atom is -0.490 e. The fourth-order valence-corrected chi connectivity index (χ4v) is 3.84. The maximum Gasteiger partial charge on any atom is 0.326 e. The van der Waals surface area contributed by atoms with Crippen LogP contribution in [0.5, 0.6) is 11.5 Å². The Kier molecular flexibility index (Phi) is 8.70. The number of nitrogens with zero attached hydrogens (tertiary/aromatic N) is 1. The summed E-state index contributed by atoms with van der Waals surface area (Å²) in [7, 11) is 0. The van der Waals surface area contributed by atoms with Crippen molar-refractivity contribution in [3.8, 4) is 11.5 Å². The molecule has 0 aliphatic carbocycles. The van der Waals surface area contributed by atoms with Gasteiger partial charge in [0.2, 0.25) is 0 Å². The SMILES string of the molecule is CCOc1cc(/C=C2\SC(=O)N(CC(=O)O[C@@H](C)CC)C2=O)ccc1OCc1ccc(F)cc1. The second-order valence-electron chi connectivity index (χ2n) is 7.53. The Morgan fingerprint density at radius 1 is 1.09 bits per heavy atom. The Balaban J connectivity index is 1.72. The summed E-state index contributed by atoms with van der Waals surface area (Å²) in [4.78, 5) is 38.1. The first-order valence-electron chi connectivity index (χ1n) is 10.9. The number of carbonyl (C=O) groups is 3. The van der Waals surface area contributed by atoms with Crippen LogP contribution < -0.4 is 9.47 Å². The molecule has 2 aromatic carbocycles. The van der Waals surface area contributed by atoms with Gasteiger partial charge in [-0.15, -0.1) is 0 Å². The molecule has 1 heterocycles. The number of halogens is 1. The lowest BCUT2D eigenvalue weighted by atomic mass is 10.1. The van der Waals surface area contributed by atoms with E-state index in [1.165, 1.54) is 12.1 Å². The Morgan fingerprint density at radius 2 is 1.82 bits per heavy atom. The van der Waals surface area contributed by atoms with Gasteiger partial charge in [0.25, 0.3) is 11.1 Å². The Bertz CT molecular complexity index is 1090. The lowest BCUT2D eigenvalue weighted by Crippen LogP contribution is -2.35. The van der Waals surface area contributed by atoms with Crippen LogP contribution in [0.15, 0.2) is 47.4 Å². The van der Waals surface area contributed by atoms with Crippen molar-refractivity contribution >= 4 is 35.0 Å². The average Bonchev–Trinajstić information content (AvgIpc) is 3.07. The molecule has 9 heteroatoms.